The second-order valence-corrected chi connectivity index (χ2v) is 7.14. The summed E-state index contributed by atoms with van der Waals surface area (Å²) in [6.45, 7) is 3.20. The molecule has 26 heavy (non-hydrogen) atoms. The molecule has 1 N–H and O–H groups in total. The van der Waals surface area contributed by atoms with Crippen molar-refractivity contribution in [2.45, 2.75) is 18.7 Å². The highest BCUT2D eigenvalue weighted by Gasteiger charge is 2.14. The van der Waals surface area contributed by atoms with Crippen molar-refractivity contribution < 1.29 is 14.3 Å². The maximum atomic E-state index is 12.1. The van der Waals surface area contributed by atoms with Gasteiger partial charge in [0.1, 0.15) is 5.40 Å². The minimum atomic E-state index is -0.696. The second kappa shape index (κ2) is 8.95. The van der Waals surface area contributed by atoms with Crippen LogP contribution in [0.3, 0.4) is 0 Å². The van der Waals surface area contributed by atoms with Gasteiger partial charge in [-0.1, -0.05) is 23.2 Å². The summed E-state index contributed by atoms with van der Waals surface area (Å²) in [6.07, 6.45) is 0. The second-order valence-electron chi connectivity index (χ2n) is 5.41. The van der Waals surface area contributed by atoms with Crippen LogP contribution in [0.2, 0.25) is 10.0 Å². The lowest BCUT2D eigenvalue weighted by atomic mass is 10.1. The molecule has 0 aliphatic heterocycles. The van der Waals surface area contributed by atoms with E-state index in [4.69, 9.17) is 33.2 Å². The smallest absolute Gasteiger partial charge is 0.338 e. The number of thioether (sulfide) groups is 1. The number of rotatable bonds is 5. The van der Waals surface area contributed by atoms with E-state index in [0.717, 1.165) is 27.8 Å². The number of nitrogens with one attached hydrogen (secondary N) is 1. The van der Waals surface area contributed by atoms with Gasteiger partial charge in [-0.2, -0.15) is 5.26 Å². The molecule has 0 fully saturated rings. The number of carbonyl (C=O) groups is 2. The van der Waals surface area contributed by atoms with Crippen molar-refractivity contribution in [3.63, 3.8) is 0 Å². The first-order valence-electron chi connectivity index (χ1n) is 7.40. The van der Waals surface area contributed by atoms with Crippen LogP contribution in [-0.2, 0) is 9.53 Å². The van der Waals surface area contributed by atoms with Crippen LogP contribution in [0, 0.1) is 24.5 Å². The molecule has 2 aromatic carbocycles. The van der Waals surface area contributed by atoms with Crippen LogP contribution in [0.15, 0.2) is 35.2 Å². The van der Waals surface area contributed by atoms with Crippen molar-refractivity contribution >= 4 is 52.5 Å². The predicted molar refractivity (Wildman–Crippen MR) is 103 cm³/mol. The van der Waals surface area contributed by atoms with Crippen molar-refractivity contribution in [3.8, 4) is 5.40 Å². The van der Waals surface area contributed by atoms with Crippen molar-refractivity contribution in [1.82, 2.24) is 0 Å². The molecule has 0 atom stereocenters. The number of anilines is 1. The van der Waals surface area contributed by atoms with E-state index in [1.165, 1.54) is 18.2 Å². The molecule has 2 rings (SSSR count). The first kappa shape index (κ1) is 20.1. The molecule has 1 amide bonds. The van der Waals surface area contributed by atoms with Crippen molar-refractivity contribution in [2.24, 2.45) is 0 Å². The first-order chi connectivity index (χ1) is 12.3. The Hall–Kier alpha value is -2.20. The Kier molecular flexibility index (Phi) is 6.92. The lowest BCUT2D eigenvalue weighted by molar-refractivity contribution is -0.119. The van der Waals surface area contributed by atoms with Gasteiger partial charge < -0.3 is 10.1 Å². The van der Waals surface area contributed by atoms with E-state index in [1.54, 1.807) is 12.1 Å². The van der Waals surface area contributed by atoms with Crippen LogP contribution < -0.4 is 5.32 Å². The molecule has 2 aromatic rings. The van der Waals surface area contributed by atoms with Crippen molar-refractivity contribution in [2.75, 3.05) is 11.9 Å². The number of nitriles is 1. The fraction of sp³-hybridized carbons (Fsp3) is 0.167. The number of nitrogens with zero attached hydrogens (tertiary/aromatic N) is 1. The number of esters is 1. The molecule has 0 aliphatic rings. The summed E-state index contributed by atoms with van der Waals surface area (Å²) in [6, 6.07) is 7.92. The zero-order chi connectivity index (χ0) is 19.3. The normalized spacial score (nSPS) is 10.1. The molecule has 0 spiro atoms. The first-order valence-corrected chi connectivity index (χ1v) is 8.97. The number of amides is 1. The Morgan fingerprint density at radius 3 is 2.23 bits per heavy atom. The molecule has 134 valence electrons. The van der Waals surface area contributed by atoms with Gasteiger partial charge in [-0.05, 0) is 67.1 Å². The lowest BCUT2D eigenvalue weighted by Crippen LogP contribution is -2.22. The summed E-state index contributed by atoms with van der Waals surface area (Å²) in [4.78, 5) is 24.9. The highest BCUT2D eigenvalue weighted by atomic mass is 35.5. The Morgan fingerprint density at radius 1 is 1.12 bits per heavy atom. The summed E-state index contributed by atoms with van der Waals surface area (Å²) in [5.41, 5.74) is 2.41. The zero-order valence-electron chi connectivity index (χ0n) is 13.9. The minimum absolute atomic E-state index is 0.167. The molecular formula is C18H14Cl2N2O3S. The number of hydrogen-bond acceptors (Lipinski definition) is 5. The van der Waals surface area contributed by atoms with Gasteiger partial charge >= 0.3 is 5.97 Å². The minimum Gasteiger partial charge on any atom is -0.452 e. The number of halogens is 2. The lowest BCUT2D eigenvalue weighted by Gasteiger charge is -2.13. The molecular weight excluding hydrogens is 395 g/mol. The van der Waals surface area contributed by atoms with E-state index in [2.05, 4.69) is 5.32 Å². The van der Waals surface area contributed by atoms with Crippen molar-refractivity contribution in [3.05, 3.63) is 57.1 Å². The Balaban J connectivity index is 2.01. The molecule has 8 heteroatoms. The fourth-order valence-corrected chi connectivity index (χ4v) is 3.40. The van der Waals surface area contributed by atoms with Crippen molar-refractivity contribution in [1.29, 1.82) is 5.26 Å². The topological polar surface area (TPSA) is 79.2 Å². The highest BCUT2D eigenvalue weighted by Crippen LogP contribution is 2.27. The average Bonchev–Trinajstić information content (AvgIpc) is 2.55. The van der Waals surface area contributed by atoms with E-state index >= 15 is 0 Å². The van der Waals surface area contributed by atoms with Gasteiger partial charge in [0, 0.05) is 20.6 Å². The molecule has 0 unspecified atom stereocenters. The van der Waals surface area contributed by atoms with Gasteiger partial charge in [-0.25, -0.2) is 4.79 Å². The van der Waals surface area contributed by atoms with E-state index in [1.807, 2.05) is 19.2 Å². The number of hydrogen-bond donors (Lipinski definition) is 1. The number of carbonyl (C=O) groups excluding carboxylic acids is 2. The standard InChI is InChI=1S/C18H14Cl2N2O3S/c1-10-3-15(26-9-21)4-11(2)17(10)22-16(23)8-25-18(24)12-5-13(19)7-14(20)6-12/h3-7H,8H2,1-2H3,(H,22,23). The van der Waals surface area contributed by atoms with Crippen LogP contribution in [0.1, 0.15) is 21.5 Å². The van der Waals surface area contributed by atoms with Gasteiger partial charge in [0.2, 0.25) is 0 Å². The number of ether oxygens (including phenoxy) is 1. The summed E-state index contributed by atoms with van der Waals surface area (Å²) in [5.74, 6) is -1.17. The fourth-order valence-electron chi connectivity index (χ4n) is 2.29. The molecule has 0 aliphatic carbocycles. The molecule has 5 nitrogen and oxygen atoms in total. The molecule has 0 saturated carbocycles. The van der Waals surface area contributed by atoms with Gasteiger partial charge in [0.15, 0.2) is 6.61 Å². The molecule has 0 bridgehead atoms. The Labute approximate surface area is 165 Å². The van der Waals surface area contributed by atoms with Crippen LogP contribution >= 0.6 is 35.0 Å². The maximum absolute atomic E-state index is 12.1. The number of benzene rings is 2. The monoisotopic (exact) mass is 408 g/mol. The highest BCUT2D eigenvalue weighted by molar-refractivity contribution is 8.03. The van der Waals surface area contributed by atoms with Crippen LogP contribution in [-0.4, -0.2) is 18.5 Å². The Bertz CT molecular complexity index is 867. The van der Waals surface area contributed by atoms with Gasteiger partial charge in [0.25, 0.3) is 5.91 Å². The number of thiocyanates is 1. The summed E-state index contributed by atoms with van der Waals surface area (Å²) < 4.78 is 5.00. The third-order valence-electron chi connectivity index (χ3n) is 3.37. The van der Waals surface area contributed by atoms with E-state index < -0.39 is 18.5 Å². The predicted octanol–water partition coefficient (Wildman–Crippen LogP) is 4.98. The third kappa shape index (κ3) is 5.40. The third-order valence-corrected chi connectivity index (χ3v) is 4.37. The average molecular weight is 409 g/mol. The van der Waals surface area contributed by atoms with Gasteiger partial charge in [-0.3, -0.25) is 4.79 Å². The van der Waals surface area contributed by atoms with E-state index in [0.29, 0.717) is 15.7 Å². The van der Waals surface area contributed by atoms with Gasteiger partial charge in [-0.15, -0.1) is 0 Å². The van der Waals surface area contributed by atoms with Crippen LogP contribution in [0.25, 0.3) is 0 Å². The summed E-state index contributed by atoms with van der Waals surface area (Å²) in [5, 5.41) is 14.1. The number of aryl methyl sites for hydroxylation is 2. The summed E-state index contributed by atoms with van der Waals surface area (Å²) in [7, 11) is 0. The maximum Gasteiger partial charge on any atom is 0.338 e. The van der Waals surface area contributed by atoms with Crippen LogP contribution in [0.5, 0.6) is 0 Å². The summed E-state index contributed by atoms with van der Waals surface area (Å²) >= 11 is 12.7. The van der Waals surface area contributed by atoms with Crippen LogP contribution in [0.4, 0.5) is 5.69 Å². The van der Waals surface area contributed by atoms with Gasteiger partial charge in [0.05, 0.1) is 5.56 Å². The molecule has 0 saturated heterocycles. The van der Waals surface area contributed by atoms with E-state index in [-0.39, 0.29) is 5.56 Å². The Morgan fingerprint density at radius 2 is 1.69 bits per heavy atom. The van der Waals surface area contributed by atoms with E-state index in [9.17, 15) is 9.59 Å². The zero-order valence-corrected chi connectivity index (χ0v) is 16.3. The molecule has 0 radical (unpaired) electrons. The molecule has 0 heterocycles. The molecule has 0 aromatic heterocycles. The largest absolute Gasteiger partial charge is 0.452 e. The SMILES string of the molecule is Cc1cc(SC#N)cc(C)c1NC(=O)COC(=O)c1cc(Cl)cc(Cl)c1. The quantitative estimate of drug-likeness (QED) is 0.428.